The number of carbonyl (C=O) groups is 1. The van der Waals surface area contributed by atoms with Crippen LogP contribution < -0.4 is 10.2 Å². The first-order valence-electron chi connectivity index (χ1n) is 8.73. The fourth-order valence-electron chi connectivity index (χ4n) is 2.40. The molecule has 2 rings (SSSR count). The lowest BCUT2D eigenvalue weighted by atomic mass is 9.86. The summed E-state index contributed by atoms with van der Waals surface area (Å²) in [7, 11) is 0. The van der Waals surface area contributed by atoms with Crippen molar-refractivity contribution in [1.82, 2.24) is 5.43 Å². The van der Waals surface area contributed by atoms with Crippen molar-refractivity contribution >= 4 is 23.9 Å². The molecule has 146 valence electrons. The molecule has 1 amide bonds. The van der Waals surface area contributed by atoms with Gasteiger partial charge in [0.1, 0.15) is 5.75 Å². The first-order chi connectivity index (χ1) is 13.3. The van der Waals surface area contributed by atoms with E-state index in [1.807, 2.05) is 24.3 Å². The standard InChI is InChI=1S/C21H23N3O4/c1-21(2,3)18-8-4-5-9-19(18)28-15-20(25)23-22-14-6-7-16-10-12-17(13-11-16)24(26)27/h4-14H,15H2,1-3H3,(H,23,25)/b7-6+,22-14+. The van der Waals surface area contributed by atoms with Crippen LogP contribution in [0.15, 0.2) is 59.7 Å². The van der Waals surface area contributed by atoms with Crippen LogP contribution in [0.4, 0.5) is 5.69 Å². The second kappa shape index (κ2) is 9.45. The van der Waals surface area contributed by atoms with E-state index in [-0.39, 0.29) is 23.6 Å². The lowest BCUT2D eigenvalue weighted by Gasteiger charge is -2.22. The number of allylic oxidation sites excluding steroid dienone is 1. The van der Waals surface area contributed by atoms with Gasteiger partial charge in [-0.25, -0.2) is 5.43 Å². The number of amides is 1. The van der Waals surface area contributed by atoms with Gasteiger partial charge in [-0.1, -0.05) is 45.0 Å². The predicted octanol–water partition coefficient (Wildman–Crippen LogP) is 4.09. The molecule has 0 atom stereocenters. The largest absolute Gasteiger partial charge is 0.483 e. The Hall–Kier alpha value is -3.48. The van der Waals surface area contributed by atoms with Crippen LogP contribution in [0.2, 0.25) is 0 Å². The number of para-hydroxylation sites is 1. The van der Waals surface area contributed by atoms with Crippen LogP contribution in [0.3, 0.4) is 0 Å². The molecule has 7 nitrogen and oxygen atoms in total. The van der Waals surface area contributed by atoms with E-state index in [0.717, 1.165) is 11.1 Å². The van der Waals surface area contributed by atoms with Crippen molar-refractivity contribution in [3.05, 3.63) is 75.8 Å². The van der Waals surface area contributed by atoms with Crippen LogP contribution >= 0.6 is 0 Å². The molecule has 0 fully saturated rings. The highest BCUT2D eigenvalue weighted by molar-refractivity contribution is 5.82. The molecule has 0 aromatic heterocycles. The maximum atomic E-state index is 11.9. The van der Waals surface area contributed by atoms with E-state index in [1.165, 1.54) is 18.3 Å². The molecular formula is C21H23N3O4. The second-order valence-corrected chi connectivity index (χ2v) is 7.06. The minimum absolute atomic E-state index is 0.0334. The Balaban J connectivity index is 1.82. The van der Waals surface area contributed by atoms with E-state index in [9.17, 15) is 14.9 Å². The van der Waals surface area contributed by atoms with Gasteiger partial charge in [0.25, 0.3) is 11.6 Å². The van der Waals surface area contributed by atoms with Gasteiger partial charge in [0.2, 0.25) is 0 Å². The van der Waals surface area contributed by atoms with Gasteiger partial charge in [0, 0.05) is 18.3 Å². The Morgan fingerprint density at radius 2 is 1.86 bits per heavy atom. The van der Waals surface area contributed by atoms with Gasteiger partial charge in [-0.2, -0.15) is 5.10 Å². The summed E-state index contributed by atoms with van der Waals surface area (Å²) in [6, 6.07) is 13.7. The van der Waals surface area contributed by atoms with Gasteiger partial charge in [0.05, 0.1) is 4.92 Å². The molecule has 0 heterocycles. The van der Waals surface area contributed by atoms with Crippen molar-refractivity contribution < 1.29 is 14.5 Å². The zero-order valence-electron chi connectivity index (χ0n) is 16.1. The zero-order valence-corrected chi connectivity index (χ0v) is 16.1. The molecule has 1 N–H and O–H groups in total. The number of hydrazone groups is 1. The number of ether oxygens (including phenoxy) is 1. The zero-order chi connectivity index (χ0) is 20.6. The normalized spacial score (nSPS) is 11.7. The smallest absolute Gasteiger partial charge is 0.277 e. The van der Waals surface area contributed by atoms with Gasteiger partial charge in [-0.15, -0.1) is 0 Å². The Morgan fingerprint density at radius 1 is 1.18 bits per heavy atom. The number of non-ortho nitro benzene ring substituents is 1. The van der Waals surface area contributed by atoms with Crippen molar-refractivity contribution in [2.75, 3.05) is 6.61 Å². The molecule has 0 aliphatic carbocycles. The number of nitro groups is 1. The first kappa shape index (κ1) is 20.8. The highest BCUT2D eigenvalue weighted by Gasteiger charge is 2.18. The van der Waals surface area contributed by atoms with Crippen LogP contribution in [-0.2, 0) is 10.2 Å². The Labute approximate surface area is 163 Å². The van der Waals surface area contributed by atoms with Crippen LogP contribution in [-0.4, -0.2) is 23.7 Å². The molecule has 0 saturated carbocycles. The summed E-state index contributed by atoms with van der Waals surface area (Å²) in [4.78, 5) is 22.0. The minimum Gasteiger partial charge on any atom is -0.483 e. The van der Waals surface area contributed by atoms with Crippen molar-refractivity contribution in [3.63, 3.8) is 0 Å². The minimum atomic E-state index is -0.452. The summed E-state index contributed by atoms with van der Waals surface area (Å²) in [5.41, 5.74) is 4.14. The van der Waals surface area contributed by atoms with Gasteiger partial charge in [-0.05, 0) is 40.8 Å². The summed E-state index contributed by atoms with van der Waals surface area (Å²) in [6.07, 6.45) is 4.76. The van der Waals surface area contributed by atoms with Crippen LogP contribution in [0, 0.1) is 10.1 Å². The highest BCUT2D eigenvalue weighted by Crippen LogP contribution is 2.30. The van der Waals surface area contributed by atoms with Crippen molar-refractivity contribution in [1.29, 1.82) is 0 Å². The second-order valence-electron chi connectivity index (χ2n) is 7.06. The molecule has 7 heteroatoms. The van der Waals surface area contributed by atoms with Gasteiger partial charge in [-0.3, -0.25) is 14.9 Å². The third-order valence-electron chi connectivity index (χ3n) is 3.80. The number of rotatable bonds is 7. The SMILES string of the molecule is CC(C)(C)c1ccccc1OCC(=O)N/N=C/C=C/c1ccc([N+](=O)[O-])cc1. The summed E-state index contributed by atoms with van der Waals surface area (Å²) in [6.45, 7) is 6.10. The molecule has 0 saturated heterocycles. The van der Waals surface area contributed by atoms with Crippen molar-refractivity contribution in [2.24, 2.45) is 5.10 Å². The summed E-state index contributed by atoms with van der Waals surface area (Å²) >= 11 is 0. The molecular weight excluding hydrogens is 358 g/mol. The number of benzene rings is 2. The highest BCUT2D eigenvalue weighted by atomic mass is 16.6. The number of hydrogen-bond acceptors (Lipinski definition) is 5. The van der Waals surface area contributed by atoms with E-state index in [4.69, 9.17) is 4.74 Å². The molecule has 28 heavy (non-hydrogen) atoms. The van der Waals surface area contributed by atoms with Gasteiger partial charge < -0.3 is 4.74 Å². The van der Waals surface area contributed by atoms with E-state index in [1.54, 1.807) is 24.3 Å². The fourth-order valence-corrected chi connectivity index (χ4v) is 2.40. The monoisotopic (exact) mass is 381 g/mol. The number of carbonyl (C=O) groups excluding carboxylic acids is 1. The third kappa shape index (κ3) is 6.35. The topological polar surface area (TPSA) is 93.8 Å². The Kier molecular flexibility index (Phi) is 7.03. The molecule has 0 aliphatic heterocycles. The quantitative estimate of drug-likeness (QED) is 0.444. The number of nitrogens with zero attached hydrogens (tertiary/aromatic N) is 2. The fraction of sp³-hybridized carbons (Fsp3) is 0.238. The molecule has 0 unspecified atom stereocenters. The molecule has 0 aliphatic rings. The Morgan fingerprint density at radius 3 is 2.50 bits per heavy atom. The lowest BCUT2D eigenvalue weighted by molar-refractivity contribution is -0.384. The van der Waals surface area contributed by atoms with E-state index < -0.39 is 4.92 Å². The van der Waals surface area contributed by atoms with E-state index in [0.29, 0.717) is 5.75 Å². The van der Waals surface area contributed by atoms with E-state index >= 15 is 0 Å². The molecule has 0 radical (unpaired) electrons. The Bertz CT molecular complexity index is 881. The molecule has 0 spiro atoms. The first-order valence-corrected chi connectivity index (χ1v) is 8.73. The predicted molar refractivity (Wildman–Crippen MR) is 109 cm³/mol. The maximum Gasteiger partial charge on any atom is 0.277 e. The third-order valence-corrected chi connectivity index (χ3v) is 3.80. The summed E-state index contributed by atoms with van der Waals surface area (Å²) in [5, 5.41) is 14.4. The summed E-state index contributed by atoms with van der Waals surface area (Å²) in [5.74, 6) is 0.302. The van der Waals surface area contributed by atoms with Crippen LogP contribution in [0.5, 0.6) is 5.75 Å². The van der Waals surface area contributed by atoms with Gasteiger partial charge in [0.15, 0.2) is 6.61 Å². The molecule has 2 aromatic rings. The van der Waals surface area contributed by atoms with E-state index in [2.05, 4.69) is 31.3 Å². The van der Waals surface area contributed by atoms with Crippen molar-refractivity contribution in [2.45, 2.75) is 26.2 Å². The number of nitro benzene ring substituents is 1. The van der Waals surface area contributed by atoms with Gasteiger partial charge >= 0.3 is 0 Å². The summed E-state index contributed by atoms with van der Waals surface area (Å²) < 4.78 is 5.62. The molecule has 2 aromatic carbocycles. The number of nitrogens with one attached hydrogen (secondary N) is 1. The molecule has 0 bridgehead atoms. The average Bonchev–Trinajstić information content (AvgIpc) is 2.66. The average molecular weight is 381 g/mol. The number of hydrogen-bond donors (Lipinski definition) is 1. The lowest BCUT2D eigenvalue weighted by Crippen LogP contribution is -2.25. The van der Waals surface area contributed by atoms with Crippen LogP contribution in [0.1, 0.15) is 31.9 Å². The van der Waals surface area contributed by atoms with Crippen molar-refractivity contribution in [3.8, 4) is 5.75 Å². The van der Waals surface area contributed by atoms with Crippen LogP contribution in [0.25, 0.3) is 6.08 Å². The maximum absolute atomic E-state index is 11.9.